The summed E-state index contributed by atoms with van der Waals surface area (Å²) < 4.78 is 0. The Bertz CT molecular complexity index is 779. The molecule has 5 nitrogen and oxygen atoms in total. The predicted octanol–water partition coefficient (Wildman–Crippen LogP) is 2.91. The first-order valence-electron chi connectivity index (χ1n) is 8.87. The lowest BCUT2D eigenvalue weighted by Crippen LogP contribution is -2.46. The van der Waals surface area contributed by atoms with Crippen molar-refractivity contribution < 1.29 is 9.59 Å². The first-order chi connectivity index (χ1) is 12.6. The third kappa shape index (κ3) is 4.57. The zero-order valence-corrected chi connectivity index (χ0v) is 14.9. The average molecular weight is 349 g/mol. The first kappa shape index (κ1) is 17.9. The Morgan fingerprint density at radius 3 is 2.42 bits per heavy atom. The van der Waals surface area contributed by atoms with E-state index in [4.69, 9.17) is 0 Å². The monoisotopic (exact) mass is 349 g/mol. The van der Waals surface area contributed by atoms with Gasteiger partial charge in [-0.15, -0.1) is 0 Å². The maximum absolute atomic E-state index is 12.5. The number of carbonyl (C=O) groups excluding carboxylic acids is 2. The van der Waals surface area contributed by atoms with E-state index in [0.717, 1.165) is 24.0 Å². The minimum absolute atomic E-state index is 0.0309. The number of rotatable bonds is 4. The molecule has 1 aromatic heterocycles. The number of likely N-dealkylation sites (tertiary alicyclic amines) is 1. The maximum atomic E-state index is 12.5. The summed E-state index contributed by atoms with van der Waals surface area (Å²) in [7, 11) is 0. The largest absolute Gasteiger partial charge is 0.349 e. The smallest absolute Gasteiger partial charge is 0.253 e. The van der Waals surface area contributed by atoms with E-state index in [9.17, 15) is 9.59 Å². The summed E-state index contributed by atoms with van der Waals surface area (Å²) in [4.78, 5) is 30.5. The van der Waals surface area contributed by atoms with Gasteiger partial charge in [0.25, 0.3) is 5.91 Å². The van der Waals surface area contributed by atoms with Crippen LogP contribution in [0.3, 0.4) is 0 Å². The zero-order valence-electron chi connectivity index (χ0n) is 14.9. The normalized spacial score (nSPS) is 15.6. The Kier molecular flexibility index (Phi) is 5.79. The summed E-state index contributed by atoms with van der Waals surface area (Å²) in [6.07, 6.45) is 6.42. The summed E-state index contributed by atoms with van der Waals surface area (Å²) in [5.74, 6) is -0.0777. The molecule has 0 saturated carbocycles. The molecule has 2 aromatic rings. The number of hydrogen-bond donors (Lipinski definition) is 1. The number of nitrogens with one attached hydrogen (secondary N) is 1. The number of piperidine rings is 1. The molecular formula is C21H23N3O2. The second-order valence-electron chi connectivity index (χ2n) is 6.51. The van der Waals surface area contributed by atoms with Gasteiger partial charge in [0.2, 0.25) is 5.91 Å². The molecule has 1 saturated heterocycles. The molecule has 134 valence electrons. The molecule has 1 fully saturated rings. The van der Waals surface area contributed by atoms with E-state index in [1.54, 1.807) is 30.6 Å². The van der Waals surface area contributed by atoms with Crippen molar-refractivity contribution in [3.8, 4) is 0 Å². The molecule has 2 amide bonds. The molecule has 1 aliphatic rings. The Hall–Kier alpha value is -2.95. The molecule has 1 aliphatic heterocycles. The molecule has 3 rings (SSSR count). The Morgan fingerprint density at radius 2 is 1.77 bits per heavy atom. The summed E-state index contributed by atoms with van der Waals surface area (Å²) >= 11 is 0. The number of benzene rings is 1. The molecule has 0 aliphatic carbocycles. The molecule has 1 aromatic carbocycles. The Labute approximate surface area is 153 Å². The molecule has 0 atom stereocenters. The predicted molar refractivity (Wildman–Crippen MR) is 101 cm³/mol. The lowest BCUT2D eigenvalue weighted by Gasteiger charge is -2.32. The molecule has 26 heavy (non-hydrogen) atoms. The fourth-order valence-electron chi connectivity index (χ4n) is 3.07. The van der Waals surface area contributed by atoms with Crippen LogP contribution in [0.4, 0.5) is 0 Å². The van der Waals surface area contributed by atoms with E-state index >= 15 is 0 Å². The van der Waals surface area contributed by atoms with E-state index in [2.05, 4.69) is 10.3 Å². The minimum Gasteiger partial charge on any atom is -0.349 e. The molecule has 0 radical (unpaired) electrons. The van der Waals surface area contributed by atoms with Gasteiger partial charge in [0.1, 0.15) is 0 Å². The fourth-order valence-corrected chi connectivity index (χ4v) is 3.07. The van der Waals surface area contributed by atoms with Crippen LogP contribution < -0.4 is 5.32 Å². The van der Waals surface area contributed by atoms with Gasteiger partial charge in [0, 0.05) is 37.6 Å². The highest BCUT2D eigenvalue weighted by Crippen LogP contribution is 2.16. The molecule has 1 N–H and O–H groups in total. The molecule has 0 spiro atoms. The topological polar surface area (TPSA) is 62.3 Å². The van der Waals surface area contributed by atoms with Crippen LogP contribution in [0.1, 0.15) is 35.7 Å². The third-order valence-corrected chi connectivity index (χ3v) is 4.63. The minimum atomic E-state index is -0.109. The van der Waals surface area contributed by atoms with Gasteiger partial charge < -0.3 is 10.2 Å². The van der Waals surface area contributed by atoms with Gasteiger partial charge in [0.15, 0.2) is 0 Å². The molecule has 0 unspecified atom stereocenters. The number of carbonyl (C=O) groups is 2. The Balaban J connectivity index is 1.52. The average Bonchev–Trinajstić information content (AvgIpc) is 2.69. The van der Waals surface area contributed by atoms with Gasteiger partial charge in [-0.05, 0) is 43.0 Å². The van der Waals surface area contributed by atoms with Crippen LogP contribution in [0.15, 0.2) is 60.9 Å². The highest BCUT2D eigenvalue weighted by molar-refractivity contribution is 5.95. The van der Waals surface area contributed by atoms with Crippen LogP contribution in [0.2, 0.25) is 0 Å². The van der Waals surface area contributed by atoms with Gasteiger partial charge in [-0.25, -0.2) is 0 Å². The molecule has 5 heteroatoms. The van der Waals surface area contributed by atoms with Crippen molar-refractivity contribution in [3.63, 3.8) is 0 Å². The second-order valence-corrected chi connectivity index (χ2v) is 6.51. The quantitative estimate of drug-likeness (QED) is 0.864. The number of aromatic nitrogens is 1. The standard InChI is InChI=1S/C21H23N3O2/c1-16(17-6-3-2-4-7-17)14-20(25)24-12-9-19(10-13-24)23-21(26)18-8-5-11-22-15-18/h2-8,11,14-15,19H,9-10,12-13H2,1H3,(H,23,26)/b16-14-. The van der Waals surface area contributed by atoms with Crippen LogP contribution >= 0.6 is 0 Å². The molecule has 0 bridgehead atoms. The number of amides is 2. The van der Waals surface area contributed by atoms with Crippen molar-refractivity contribution in [2.45, 2.75) is 25.8 Å². The highest BCUT2D eigenvalue weighted by atomic mass is 16.2. The summed E-state index contributed by atoms with van der Waals surface area (Å²) in [6.45, 7) is 3.25. The Morgan fingerprint density at radius 1 is 1.08 bits per heavy atom. The van der Waals surface area contributed by atoms with Crippen molar-refractivity contribution in [1.82, 2.24) is 15.2 Å². The van der Waals surface area contributed by atoms with E-state index in [1.807, 2.05) is 42.2 Å². The van der Waals surface area contributed by atoms with Gasteiger partial charge in [-0.1, -0.05) is 30.3 Å². The fraction of sp³-hybridized carbons (Fsp3) is 0.286. The van der Waals surface area contributed by atoms with Crippen molar-refractivity contribution in [3.05, 3.63) is 72.1 Å². The van der Waals surface area contributed by atoms with Gasteiger partial charge in [0.05, 0.1) is 5.56 Å². The van der Waals surface area contributed by atoms with Crippen LogP contribution in [-0.4, -0.2) is 40.8 Å². The summed E-state index contributed by atoms with van der Waals surface area (Å²) in [5.41, 5.74) is 2.58. The zero-order chi connectivity index (χ0) is 18.4. The van der Waals surface area contributed by atoms with Gasteiger partial charge in [-0.2, -0.15) is 0 Å². The van der Waals surface area contributed by atoms with Crippen molar-refractivity contribution in [2.24, 2.45) is 0 Å². The lowest BCUT2D eigenvalue weighted by molar-refractivity contribution is -0.127. The van der Waals surface area contributed by atoms with E-state index in [1.165, 1.54) is 0 Å². The number of pyridine rings is 1. The first-order valence-corrected chi connectivity index (χ1v) is 8.87. The second kappa shape index (κ2) is 8.43. The number of allylic oxidation sites excluding steroid dienone is 1. The third-order valence-electron chi connectivity index (χ3n) is 4.63. The highest BCUT2D eigenvalue weighted by Gasteiger charge is 2.23. The number of nitrogens with zero attached hydrogens (tertiary/aromatic N) is 2. The van der Waals surface area contributed by atoms with E-state index in [-0.39, 0.29) is 17.9 Å². The van der Waals surface area contributed by atoms with Crippen molar-refractivity contribution in [2.75, 3.05) is 13.1 Å². The van der Waals surface area contributed by atoms with Crippen LogP contribution in [0.25, 0.3) is 5.57 Å². The molecular weight excluding hydrogens is 326 g/mol. The van der Waals surface area contributed by atoms with E-state index < -0.39 is 0 Å². The summed E-state index contributed by atoms with van der Waals surface area (Å²) in [5, 5.41) is 3.03. The van der Waals surface area contributed by atoms with Crippen molar-refractivity contribution >= 4 is 17.4 Å². The van der Waals surface area contributed by atoms with Crippen LogP contribution in [-0.2, 0) is 4.79 Å². The van der Waals surface area contributed by atoms with Gasteiger partial charge in [-0.3, -0.25) is 14.6 Å². The van der Waals surface area contributed by atoms with Crippen LogP contribution in [0, 0.1) is 0 Å². The van der Waals surface area contributed by atoms with Crippen LogP contribution in [0.5, 0.6) is 0 Å². The summed E-state index contributed by atoms with van der Waals surface area (Å²) in [6, 6.07) is 13.5. The lowest BCUT2D eigenvalue weighted by atomic mass is 10.0. The SMILES string of the molecule is C/C(=C/C(=O)N1CCC(NC(=O)c2cccnc2)CC1)c1ccccc1. The van der Waals surface area contributed by atoms with Crippen molar-refractivity contribution in [1.29, 1.82) is 0 Å². The van der Waals surface area contributed by atoms with Gasteiger partial charge >= 0.3 is 0 Å². The molecule has 2 heterocycles. The number of hydrogen-bond acceptors (Lipinski definition) is 3. The maximum Gasteiger partial charge on any atom is 0.253 e. The van der Waals surface area contributed by atoms with E-state index in [0.29, 0.717) is 18.7 Å².